The summed E-state index contributed by atoms with van der Waals surface area (Å²) in [6.07, 6.45) is 1.51. The molecule has 1 aliphatic rings. The van der Waals surface area contributed by atoms with Gasteiger partial charge in [-0.25, -0.2) is 0 Å². The first-order valence-corrected chi connectivity index (χ1v) is 3.43. The molecule has 0 saturated heterocycles. The average Bonchev–Trinajstić information content (AvgIpc) is 1.85. The SMILES string of the molecule is CC(C)OC1=NC(O)=C[CH]N1. The minimum atomic E-state index is -0.0422. The summed E-state index contributed by atoms with van der Waals surface area (Å²) in [6.45, 7) is 5.35. The topological polar surface area (TPSA) is 53.9 Å². The smallest absolute Gasteiger partial charge is 0.293 e. The van der Waals surface area contributed by atoms with Crippen molar-refractivity contribution in [1.29, 1.82) is 0 Å². The van der Waals surface area contributed by atoms with E-state index in [1.54, 1.807) is 6.54 Å². The summed E-state index contributed by atoms with van der Waals surface area (Å²) in [5.74, 6) is -0.0422. The number of amidine groups is 1. The van der Waals surface area contributed by atoms with E-state index in [0.717, 1.165) is 0 Å². The van der Waals surface area contributed by atoms with E-state index in [-0.39, 0.29) is 12.0 Å². The minimum Gasteiger partial charge on any atom is -0.493 e. The molecule has 0 spiro atoms. The molecular weight excluding hydrogens is 144 g/mol. The second-order valence-corrected chi connectivity index (χ2v) is 2.42. The van der Waals surface area contributed by atoms with Crippen molar-refractivity contribution in [3.63, 3.8) is 0 Å². The van der Waals surface area contributed by atoms with Crippen molar-refractivity contribution in [1.82, 2.24) is 5.32 Å². The molecule has 0 aromatic rings. The standard InChI is InChI=1S/C7H11N2O2/c1-5(2)11-7-8-4-3-6(10)9-7/h3-5,10H,1-2H3,(H,8,9). The van der Waals surface area contributed by atoms with Crippen LogP contribution in [-0.4, -0.2) is 17.2 Å². The van der Waals surface area contributed by atoms with E-state index in [1.165, 1.54) is 6.08 Å². The maximum Gasteiger partial charge on any atom is 0.293 e. The van der Waals surface area contributed by atoms with E-state index < -0.39 is 0 Å². The molecule has 0 fully saturated rings. The Morgan fingerprint density at radius 3 is 2.91 bits per heavy atom. The first-order valence-electron chi connectivity index (χ1n) is 3.43. The molecule has 0 atom stereocenters. The summed E-state index contributed by atoms with van der Waals surface area (Å²) in [5, 5.41) is 11.7. The lowest BCUT2D eigenvalue weighted by molar-refractivity contribution is 0.215. The molecule has 1 rings (SSSR count). The molecule has 1 aliphatic heterocycles. The van der Waals surface area contributed by atoms with E-state index in [0.29, 0.717) is 6.02 Å². The van der Waals surface area contributed by atoms with Gasteiger partial charge in [-0.15, -0.1) is 0 Å². The predicted octanol–water partition coefficient (Wildman–Crippen LogP) is 0.932. The zero-order valence-corrected chi connectivity index (χ0v) is 6.53. The lowest BCUT2D eigenvalue weighted by Crippen LogP contribution is -2.28. The van der Waals surface area contributed by atoms with Crippen LogP contribution < -0.4 is 5.32 Å². The Morgan fingerprint density at radius 2 is 2.36 bits per heavy atom. The molecule has 0 unspecified atom stereocenters. The van der Waals surface area contributed by atoms with Gasteiger partial charge in [0.25, 0.3) is 6.02 Å². The van der Waals surface area contributed by atoms with Gasteiger partial charge in [-0.1, -0.05) is 0 Å². The van der Waals surface area contributed by atoms with Crippen LogP contribution in [0.1, 0.15) is 13.8 Å². The lowest BCUT2D eigenvalue weighted by atomic mass is 10.5. The van der Waals surface area contributed by atoms with Crippen LogP contribution in [-0.2, 0) is 4.74 Å². The fraction of sp³-hybridized carbons (Fsp3) is 0.429. The lowest BCUT2D eigenvalue weighted by Gasteiger charge is -2.14. The number of nitrogens with zero attached hydrogens (tertiary/aromatic N) is 1. The van der Waals surface area contributed by atoms with Crippen molar-refractivity contribution in [3.05, 3.63) is 18.5 Å². The fourth-order valence-electron chi connectivity index (χ4n) is 0.645. The maximum atomic E-state index is 8.91. The van der Waals surface area contributed by atoms with Gasteiger partial charge in [-0.2, -0.15) is 4.99 Å². The zero-order valence-electron chi connectivity index (χ0n) is 6.53. The van der Waals surface area contributed by atoms with Crippen LogP contribution in [0.2, 0.25) is 0 Å². The first kappa shape index (κ1) is 7.91. The molecule has 2 N–H and O–H groups in total. The van der Waals surface area contributed by atoms with Crippen molar-refractivity contribution in [2.75, 3.05) is 0 Å². The molecule has 11 heavy (non-hydrogen) atoms. The summed E-state index contributed by atoms with van der Waals surface area (Å²) in [7, 11) is 0. The Hall–Kier alpha value is -1.19. The van der Waals surface area contributed by atoms with Crippen LogP contribution in [0.5, 0.6) is 0 Å². The molecule has 0 aliphatic carbocycles. The van der Waals surface area contributed by atoms with Gasteiger partial charge in [0.05, 0.1) is 12.6 Å². The van der Waals surface area contributed by atoms with E-state index in [4.69, 9.17) is 9.84 Å². The summed E-state index contributed by atoms with van der Waals surface area (Å²) >= 11 is 0. The Bertz CT molecular complexity index is 197. The Kier molecular flexibility index (Phi) is 2.36. The third-order valence-electron chi connectivity index (χ3n) is 1.00. The third-order valence-corrected chi connectivity index (χ3v) is 1.00. The molecule has 61 valence electrons. The summed E-state index contributed by atoms with van der Waals surface area (Å²) in [6, 6.07) is 0.333. The van der Waals surface area contributed by atoms with Gasteiger partial charge in [-0.05, 0) is 13.8 Å². The molecule has 0 aromatic carbocycles. The number of nitrogens with one attached hydrogen (secondary N) is 1. The van der Waals surface area contributed by atoms with Crippen molar-refractivity contribution in [2.45, 2.75) is 20.0 Å². The first-order chi connectivity index (χ1) is 5.18. The second-order valence-electron chi connectivity index (χ2n) is 2.42. The van der Waals surface area contributed by atoms with Crippen LogP contribution in [0.3, 0.4) is 0 Å². The number of ether oxygens (including phenoxy) is 1. The zero-order chi connectivity index (χ0) is 8.27. The quantitative estimate of drug-likeness (QED) is 0.592. The van der Waals surface area contributed by atoms with E-state index in [1.807, 2.05) is 13.8 Å². The van der Waals surface area contributed by atoms with Gasteiger partial charge < -0.3 is 15.2 Å². The molecule has 4 nitrogen and oxygen atoms in total. The number of aliphatic hydroxyl groups is 1. The van der Waals surface area contributed by atoms with Gasteiger partial charge in [0.15, 0.2) is 0 Å². The molecule has 0 bridgehead atoms. The Balaban J connectivity index is 2.51. The van der Waals surface area contributed by atoms with Crippen LogP contribution in [0, 0.1) is 6.54 Å². The summed E-state index contributed by atoms with van der Waals surface area (Å²) in [5.41, 5.74) is 0. The maximum absolute atomic E-state index is 8.91. The highest BCUT2D eigenvalue weighted by molar-refractivity contribution is 5.76. The van der Waals surface area contributed by atoms with Gasteiger partial charge in [-0.3, -0.25) is 0 Å². The van der Waals surface area contributed by atoms with Crippen molar-refractivity contribution >= 4 is 6.02 Å². The van der Waals surface area contributed by atoms with Gasteiger partial charge in [0.2, 0.25) is 5.88 Å². The van der Waals surface area contributed by atoms with E-state index >= 15 is 0 Å². The minimum absolute atomic E-state index is 0.0422. The van der Waals surface area contributed by atoms with Gasteiger partial charge in [0, 0.05) is 6.08 Å². The molecule has 0 amide bonds. The van der Waals surface area contributed by atoms with Crippen molar-refractivity contribution in [2.24, 2.45) is 4.99 Å². The van der Waals surface area contributed by atoms with Gasteiger partial charge in [0.1, 0.15) is 0 Å². The highest BCUT2D eigenvalue weighted by atomic mass is 16.5. The number of aliphatic imine (C=N–C) groups is 1. The highest BCUT2D eigenvalue weighted by Gasteiger charge is 2.07. The highest BCUT2D eigenvalue weighted by Crippen LogP contribution is 2.00. The molecule has 1 heterocycles. The molecule has 1 radical (unpaired) electrons. The van der Waals surface area contributed by atoms with Crippen LogP contribution in [0.4, 0.5) is 0 Å². The second kappa shape index (κ2) is 3.27. The third kappa shape index (κ3) is 2.49. The average molecular weight is 155 g/mol. The summed E-state index contributed by atoms with van der Waals surface area (Å²) < 4.78 is 5.17. The number of rotatable bonds is 1. The summed E-state index contributed by atoms with van der Waals surface area (Å²) in [4.78, 5) is 3.69. The molecule has 0 aromatic heterocycles. The van der Waals surface area contributed by atoms with Crippen molar-refractivity contribution in [3.8, 4) is 0 Å². The molecule has 0 saturated carbocycles. The number of hydrogen-bond donors (Lipinski definition) is 2. The molecule has 4 heteroatoms. The largest absolute Gasteiger partial charge is 0.493 e. The fourth-order valence-corrected chi connectivity index (χ4v) is 0.645. The Labute approximate surface area is 65.6 Å². The van der Waals surface area contributed by atoms with Gasteiger partial charge >= 0.3 is 0 Å². The number of aliphatic hydroxyl groups excluding tert-OH is 1. The van der Waals surface area contributed by atoms with Crippen molar-refractivity contribution < 1.29 is 9.84 Å². The number of hydrogen-bond acceptors (Lipinski definition) is 4. The van der Waals surface area contributed by atoms with Crippen LogP contribution in [0.25, 0.3) is 0 Å². The van der Waals surface area contributed by atoms with Crippen LogP contribution >= 0.6 is 0 Å². The molecular formula is C7H11N2O2. The van der Waals surface area contributed by atoms with E-state index in [2.05, 4.69) is 10.3 Å². The van der Waals surface area contributed by atoms with E-state index in [9.17, 15) is 0 Å². The normalized spacial score (nSPS) is 17.0. The van der Waals surface area contributed by atoms with Crippen LogP contribution in [0.15, 0.2) is 17.0 Å². The predicted molar refractivity (Wildman–Crippen MR) is 41.8 cm³/mol. The monoisotopic (exact) mass is 155 g/mol. The Morgan fingerprint density at radius 1 is 1.64 bits per heavy atom.